The fourth-order valence-corrected chi connectivity index (χ4v) is 2.58. The van der Waals surface area contributed by atoms with E-state index in [-0.39, 0.29) is 11.8 Å². The molecule has 0 aliphatic rings. The zero-order valence-electron chi connectivity index (χ0n) is 15.0. The molecular formula is C20H20N4O3. The van der Waals surface area contributed by atoms with E-state index < -0.39 is 6.04 Å². The first-order chi connectivity index (χ1) is 13.1. The molecule has 0 saturated heterocycles. The van der Waals surface area contributed by atoms with E-state index in [1.165, 1.54) is 7.11 Å². The zero-order chi connectivity index (χ0) is 19.2. The third-order valence-corrected chi connectivity index (χ3v) is 4.04. The van der Waals surface area contributed by atoms with Crippen LogP contribution in [-0.2, 0) is 4.79 Å². The normalized spacial score (nSPS) is 11.5. The average molecular weight is 364 g/mol. The Hall–Kier alpha value is -3.61. The van der Waals surface area contributed by atoms with Gasteiger partial charge in [0.25, 0.3) is 5.91 Å². The molecule has 2 N–H and O–H groups in total. The Bertz CT molecular complexity index is 938. The minimum atomic E-state index is -0.452. The molecule has 0 radical (unpaired) electrons. The van der Waals surface area contributed by atoms with Crippen molar-refractivity contribution in [3.05, 3.63) is 72.6 Å². The number of aromatic nitrogens is 2. The lowest BCUT2D eigenvalue weighted by molar-refractivity contribution is -0.119. The number of amides is 2. The van der Waals surface area contributed by atoms with Gasteiger partial charge in [0.2, 0.25) is 5.91 Å². The summed E-state index contributed by atoms with van der Waals surface area (Å²) in [6.45, 7) is 1.76. The third-order valence-electron chi connectivity index (χ3n) is 4.04. The van der Waals surface area contributed by atoms with Crippen LogP contribution >= 0.6 is 0 Å². The van der Waals surface area contributed by atoms with Gasteiger partial charge in [0, 0.05) is 23.8 Å². The van der Waals surface area contributed by atoms with Crippen LogP contribution in [0.4, 0.5) is 11.4 Å². The maximum atomic E-state index is 12.5. The van der Waals surface area contributed by atoms with Crippen molar-refractivity contribution >= 4 is 23.2 Å². The number of benzene rings is 2. The molecule has 3 aromatic rings. The Morgan fingerprint density at radius 2 is 1.78 bits per heavy atom. The maximum Gasteiger partial charge on any atom is 0.259 e. The summed E-state index contributed by atoms with van der Waals surface area (Å²) in [5, 5.41) is 9.72. The van der Waals surface area contributed by atoms with Gasteiger partial charge in [-0.2, -0.15) is 5.10 Å². The summed E-state index contributed by atoms with van der Waals surface area (Å²) in [6, 6.07) is 15.2. The van der Waals surface area contributed by atoms with E-state index in [0.29, 0.717) is 22.7 Å². The fourth-order valence-electron chi connectivity index (χ4n) is 2.58. The Labute approximate surface area is 157 Å². The largest absolute Gasteiger partial charge is 0.496 e. The van der Waals surface area contributed by atoms with Crippen LogP contribution in [-0.4, -0.2) is 28.7 Å². The van der Waals surface area contributed by atoms with E-state index in [0.717, 1.165) is 0 Å². The number of anilines is 2. The summed E-state index contributed by atoms with van der Waals surface area (Å²) in [6.07, 6.45) is 3.35. The summed E-state index contributed by atoms with van der Waals surface area (Å²) in [7, 11) is 1.52. The summed E-state index contributed by atoms with van der Waals surface area (Å²) in [5.74, 6) is 0.000227. The van der Waals surface area contributed by atoms with Crippen molar-refractivity contribution in [2.24, 2.45) is 0 Å². The second-order valence-electron chi connectivity index (χ2n) is 5.89. The van der Waals surface area contributed by atoms with Crippen molar-refractivity contribution in [1.29, 1.82) is 0 Å². The second kappa shape index (κ2) is 8.18. The van der Waals surface area contributed by atoms with Gasteiger partial charge >= 0.3 is 0 Å². The lowest BCUT2D eigenvalue weighted by Crippen LogP contribution is -2.24. The van der Waals surface area contributed by atoms with Gasteiger partial charge in [-0.05, 0) is 43.3 Å². The van der Waals surface area contributed by atoms with E-state index in [2.05, 4.69) is 15.7 Å². The summed E-state index contributed by atoms with van der Waals surface area (Å²) >= 11 is 0. The molecule has 138 valence electrons. The highest BCUT2D eigenvalue weighted by molar-refractivity contribution is 6.06. The Kier molecular flexibility index (Phi) is 5.51. The zero-order valence-corrected chi connectivity index (χ0v) is 15.0. The fraction of sp³-hybridized carbons (Fsp3) is 0.150. The van der Waals surface area contributed by atoms with Crippen LogP contribution in [0.2, 0.25) is 0 Å². The molecule has 2 amide bonds. The molecule has 2 aromatic carbocycles. The Morgan fingerprint density at radius 1 is 1.04 bits per heavy atom. The van der Waals surface area contributed by atoms with E-state index >= 15 is 0 Å². The molecule has 1 aromatic heterocycles. The average Bonchev–Trinajstić information content (AvgIpc) is 3.22. The van der Waals surface area contributed by atoms with E-state index in [9.17, 15) is 9.59 Å². The molecule has 0 saturated carbocycles. The molecule has 0 unspecified atom stereocenters. The van der Waals surface area contributed by atoms with Crippen molar-refractivity contribution in [2.45, 2.75) is 13.0 Å². The van der Waals surface area contributed by atoms with Crippen molar-refractivity contribution in [1.82, 2.24) is 9.78 Å². The van der Waals surface area contributed by atoms with Crippen molar-refractivity contribution in [3.63, 3.8) is 0 Å². The van der Waals surface area contributed by atoms with E-state index in [1.54, 1.807) is 78.6 Å². The van der Waals surface area contributed by atoms with Crippen LogP contribution in [0.1, 0.15) is 23.3 Å². The first-order valence-electron chi connectivity index (χ1n) is 8.43. The third kappa shape index (κ3) is 4.33. The van der Waals surface area contributed by atoms with Gasteiger partial charge in [-0.15, -0.1) is 0 Å². The lowest BCUT2D eigenvalue weighted by Gasteiger charge is -2.14. The van der Waals surface area contributed by atoms with Crippen molar-refractivity contribution in [2.75, 3.05) is 17.7 Å². The molecule has 0 spiro atoms. The van der Waals surface area contributed by atoms with Gasteiger partial charge in [-0.1, -0.05) is 18.2 Å². The van der Waals surface area contributed by atoms with Gasteiger partial charge in [0.1, 0.15) is 11.8 Å². The van der Waals surface area contributed by atoms with Gasteiger partial charge in [0.15, 0.2) is 0 Å². The molecule has 7 heteroatoms. The minimum absolute atomic E-state index is 0.202. The maximum absolute atomic E-state index is 12.5. The highest BCUT2D eigenvalue weighted by atomic mass is 16.5. The first kappa shape index (κ1) is 18.2. The number of para-hydroxylation sites is 1. The quantitative estimate of drug-likeness (QED) is 0.702. The monoisotopic (exact) mass is 364 g/mol. The van der Waals surface area contributed by atoms with Gasteiger partial charge < -0.3 is 15.4 Å². The number of nitrogens with zero attached hydrogens (tertiary/aromatic N) is 2. The number of hydrogen-bond acceptors (Lipinski definition) is 4. The number of rotatable bonds is 6. The van der Waals surface area contributed by atoms with E-state index in [4.69, 9.17) is 4.74 Å². The number of nitrogens with one attached hydrogen (secondary N) is 2. The molecule has 0 aliphatic heterocycles. The predicted octanol–water partition coefficient (Wildman–Crippen LogP) is 3.34. The molecule has 0 aliphatic carbocycles. The van der Waals surface area contributed by atoms with Gasteiger partial charge in [-0.25, -0.2) is 0 Å². The van der Waals surface area contributed by atoms with Crippen LogP contribution in [0.3, 0.4) is 0 Å². The van der Waals surface area contributed by atoms with E-state index in [1.807, 2.05) is 0 Å². The van der Waals surface area contributed by atoms with Crippen LogP contribution in [0.5, 0.6) is 5.75 Å². The second-order valence-corrected chi connectivity index (χ2v) is 5.89. The van der Waals surface area contributed by atoms with Crippen molar-refractivity contribution < 1.29 is 14.3 Å². The van der Waals surface area contributed by atoms with Crippen LogP contribution in [0, 0.1) is 0 Å². The topological polar surface area (TPSA) is 85.3 Å². The molecule has 1 atom stereocenters. The minimum Gasteiger partial charge on any atom is -0.496 e. The Balaban J connectivity index is 1.70. The Morgan fingerprint density at radius 3 is 2.48 bits per heavy atom. The summed E-state index contributed by atoms with van der Waals surface area (Å²) in [5.41, 5.74) is 1.58. The highest BCUT2D eigenvalue weighted by Gasteiger charge is 2.16. The standard InChI is InChI=1S/C20H20N4O3/c1-14(24-12-6-11-21-24)19(25)22-15-7-5-8-16(13-15)23-20(26)17-9-3-4-10-18(17)27-2/h3-14H,1-2H3,(H,22,25)(H,23,26)/t14-/m1/s1. The molecule has 0 fully saturated rings. The number of carbonyl (C=O) groups excluding carboxylic acids is 2. The molecule has 7 nitrogen and oxygen atoms in total. The van der Waals surface area contributed by atoms with Crippen LogP contribution < -0.4 is 15.4 Å². The number of methoxy groups -OCH3 is 1. The highest BCUT2D eigenvalue weighted by Crippen LogP contribution is 2.21. The molecule has 0 bridgehead atoms. The molecule has 3 rings (SSSR count). The molecule has 27 heavy (non-hydrogen) atoms. The van der Waals surface area contributed by atoms with Gasteiger partial charge in [0.05, 0.1) is 12.7 Å². The molecular weight excluding hydrogens is 344 g/mol. The number of hydrogen-bond donors (Lipinski definition) is 2. The van der Waals surface area contributed by atoms with Crippen LogP contribution in [0.15, 0.2) is 67.0 Å². The number of ether oxygens (including phenoxy) is 1. The summed E-state index contributed by atoms with van der Waals surface area (Å²) < 4.78 is 6.79. The lowest BCUT2D eigenvalue weighted by atomic mass is 10.1. The SMILES string of the molecule is COc1ccccc1C(=O)Nc1cccc(NC(=O)[C@@H](C)n2cccn2)c1. The summed E-state index contributed by atoms with van der Waals surface area (Å²) in [4.78, 5) is 24.9. The smallest absolute Gasteiger partial charge is 0.259 e. The van der Waals surface area contributed by atoms with Crippen molar-refractivity contribution in [3.8, 4) is 5.75 Å². The predicted molar refractivity (Wildman–Crippen MR) is 103 cm³/mol. The number of carbonyl (C=O) groups is 2. The molecule has 1 heterocycles. The van der Waals surface area contributed by atoms with Gasteiger partial charge in [-0.3, -0.25) is 14.3 Å². The first-order valence-corrected chi connectivity index (χ1v) is 8.43. The van der Waals surface area contributed by atoms with Crippen LogP contribution in [0.25, 0.3) is 0 Å².